The van der Waals surface area contributed by atoms with Crippen LogP contribution in [0.2, 0.25) is 0 Å². The monoisotopic (exact) mass is 390 g/mol. The van der Waals surface area contributed by atoms with Crippen molar-refractivity contribution in [3.05, 3.63) is 0 Å². The minimum Gasteiger partial charge on any atom is -0.481 e. The standard InChI is InChI=1S/C16H26N2O5S2/c1-11(16(23)18-12(10-19)6-7-15(21)22)17-14(20)5-3-2-4-13-8-9-24-25-13/h10-13H,2-9H2,1H3,(H,17,20)(H,18,23)(H,21,22)/t11?,12?,13-/m1/s1. The van der Waals surface area contributed by atoms with Crippen LogP contribution in [0, 0.1) is 0 Å². The number of hydrogen-bond donors (Lipinski definition) is 3. The molecule has 9 heteroatoms. The normalized spacial score (nSPS) is 19.0. The average molecular weight is 391 g/mol. The molecule has 0 aromatic carbocycles. The van der Waals surface area contributed by atoms with Crippen LogP contribution >= 0.6 is 21.6 Å². The second-order valence-corrected chi connectivity index (χ2v) is 8.83. The summed E-state index contributed by atoms with van der Waals surface area (Å²) in [5.41, 5.74) is 0. The van der Waals surface area contributed by atoms with E-state index in [1.54, 1.807) is 6.92 Å². The molecule has 2 unspecified atom stereocenters. The van der Waals surface area contributed by atoms with Crippen molar-refractivity contribution in [2.45, 2.75) is 69.2 Å². The molecule has 3 N–H and O–H groups in total. The van der Waals surface area contributed by atoms with E-state index in [0.29, 0.717) is 18.0 Å². The molecule has 1 aliphatic rings. The molecule has 3 atom stereocenters. The Hall–Kier alpha value is -1.22. The van der Waals surface area contributed by atoms with Crippen LogP contribution in [0.4, 0.5) is 0 Å². The van der Waals surface area contributed by atoms with Gasteiger partial charge in [-0.15, -0.1) is 0 Å². The van der Waals surface area contributed by atoms with Gasteiger partial charge in [0.25, 0.3) is 0 Å². The van der Waals surface area contributed by atoms with Crippen LogP contribution in [-0.4, -0.2) is 52.3 Å². The van der Waals surface area contributed by atoms with Gasteiger partial charge in [-0.25, -0.2) is 0 Å². The average Bonchev–Trinajstić information content (AvgIpc) is 3.08. The van der Waals surface area contributed by atoms with Gasteiger partial charge >= 0.3 is 5.97 Å². The molecule has 7 nitrogen and oxygen atoms in total. The van der Waals surface area contributed by atoms with Gasteiger partial charge in [0.05, 0.1) is 6.04 Å². The zero-order valence-corrected chi connectivity index (χ0v) is 16.0. The van der Waals surface area contributed by atoms with E-state index < -0.39 is 24.0 Å². The highest BCUT2D eigenvalue weighted by Crippen LogP contribution is 2.39. The van der Waals surface area contributed by atoms with Gasteiger partial charge in [-0.1, -0.05) is 28.0 Å². The maximum Gasteiger partial charge on any atom is 0.303 e. The van der Waals surface area contributed by atoms with E-state index in [-0.39, 0.29) is 18.7 Å². The van der Waals surface area contributed by atoms with Gasteiger partial charge in [0, 0.05) is 23.8 Å². The van der Waals surface area contributed by atoms with Crippen molar-refractivity contribution >= 4 is 45.7 Å². The molecule has 1 fully saturated rings. The van der Waals surface area contributed by atoms with Crippen LogP contribution in [-0.2, 0) is 19.2 Å². The van der Waals surface area contributed by atoms with Crippen LogP contribution < -0.4 is 10.6 Å². The first-order chi connectivity index (χ1) is 11.9. The van der Waals surface area contributed by atoms with Crippen molar-refractivity contribution in [3.8, 4) is 0 Å². The predicted molar refractivity (Wildman–Crippen MR) is 99.4 cm³/mol. The van der Waals surface area contributed by atoms with E-state index in [1.807, 2.05) is 21.6 Å². The number of carbonyl (C=O) groups excluding carboxylic acids is 3. The summed E-state index contributed by atoms with van der Waals surface area (Å²) >= 11 is 0. The lowest BCUT2D eigenvalue weighted by atomic mass is 10.1. The summed E-state index contributed by atoms with van der Waals surface area (Å²) in [7, 11) is 3.83. The summed E-state index contributed by atoms with van der Waals surface area (Å²) in [4.78, 5) is 45.2. The highest BCUT2D eigenvalue weighted by molar-refractivity contribution is 8.77. The van der Waals surface area contributed by atoms with Crippen molar-refractivity contribution in [1.29, 1.82) is 0 Å². The minimum atomic E-state index is -1.03. The molecule has 0 aliphatic carbocycles. The first-order valence-electron chi connectivity index (χ1n) is 8.47. The van der Waals surface area contributed by atoms with Crippen LogP contribution in [0.1, 0.15) is 51.9 Å². The molecule has 0 spiro atoms. The Labute approximate surface area is 155 Å². The highest BCUT2D eigenvalue weighted by Gasteiger charge is 2.20. The van der Waals surface area contributed by atoms with Crippen molar-refractivity contribution < 1.29 is 24.3 Å². The second kappa shape index (κ2) is 12.2. The smallest absolute Gasteiger partial charge is 0.303 e. The van der Waals surface area contributed by atoms with E-state index in [0.717, 1.165) is 19.3 Å². The highest BCUT2D eigenvalue weighted by atomic mass is 33.1. The number of carboxylic acid groups (broad SMARTS) is 1. The summed E-state index contributed by atoms with van der Waals surface area (Å²) in [6, 6.07) is -1.62. The zero-order valence-electron chi connectivity index (χ0n) is 14.4. The maximum atomic E-state index is 12.0. The van der Waals surface area contributed by atoms with Gasteiger partial charge in [0.2, 0.25) is 11.8 Å². The fourth-order valence-corrected chi connectivity index (χ4v) is 5.39. The molecule has 1 heterocycles. The lowest BCUT2D eigenvalue weighted by molar-refractivity contribution is -0.137. The fraction of sp³-hybridized carbons (Fsp3) is 0.750. The van der Waals surface area contributed by atoms with Crippen LogP contribution in [0.5, 0.6) is 0 Å². The van der Waals surface area contributed by atoms with Gasteiger partial charge in [-0.2, -0.15) is 0 Å². The van der Waals surface area contributed by atoms with Gasteiger partial charge < -0.3 is 20.5 Å². The number of hydrogen-bond acceptors (Lipinski definition) is 6. The van der Waals surface area contributed by atoms with Crippen LogP contribution in [0.25, 0.3) is 0 Å². The van der Waals surface area contributed by atoms with Gasteiger partial charge in [0.1, 0.15) is 12.3 Å². The third kappa shape index (κ3) is 9.74. The van der Waals surface area contributed by atoms with Crippen molar-refractivity contribution in [3.63, 3.8) is 0 Å². The van der Waals surface area contributed by atoms with Crippen molar-refractivity contribution in [2.24, 2.45) is 0 Å². The molecule has 1 aliphatic heterocycles. The first-order valence-corrected chi connectivity index (χ1v) is 10.9. The SMILES string of the molecule is CC(NC(=O)CCCC[C@@H]1CCSS1)C(=O)NC(C=O)CCC(=O)O. The Morgan fingerprint density at radius 1 is 1.24 bits per heavy atom. The maximum absolute atomic E-state index is 12.0. The van der Waals surface area contributed by atoms with Crippen molar-refractivity contribution in [1.82, 2.24) is 10.6 Å². The molecular formula is C16H26N2O5S2. The molecule has 0 aromatic heterocycles. The number of aliphatic carboxylic acids is 1. The van der Waals surface area contributed by atoms with E-state index >= 15 is 0 Å². The molecule has 0 aromatic rings. The number of rotatable bonds is 12. The molecule has 2 amide bonds. The van der Waals surface area contributed by atoms with Crippen LogP contribution in [0.15, 0.2) is 0 Å². The summed E-state index contributed by atoms with van der Waals surface area (Å²) in [6.07, 6.45) is 4.84. The zero-order chi connectivity index (χ0) is 18.7. The molecule has 142 valence electrons. The molecular weight excluding hydrogens is 364 g/mol. The first kappa shape index (κ1) is 21.8. The number of unbranched alkanes of at least 4 members (excludes halogenated alkanes) is 1. The topological polar surface area (TPSA) is 113 Å². The van der Waals surface area contributed by atoms with E-state index in [4.69, 9.17) is 5.11 Å². The molecule has 0 radical (unpaired) electrons. The number of amides is 2. The molecule has 1 saturated heterocycles. The summed E-state index contributed by atoms with van der Waals surface area (Å²) in [5, 5.41) is 14.4. The molecule has 0 saturated carbocycles. The van der Waals surface area contributed by atoms with Crippen LogP contribution in [0.3, 0.4) is 0 Å². The number of aldehydes is 1. The Balaban J connectivity index is 2.19. The van der Waals surface area contributed by atoms with E-state index in [1.165, 1.54) is 12.2 Å². The van der Waals surface area contributed by atoms with Gasteiger partial charge in [0.15, 0.2) is 0 Å². The van der Waals surface area contributed by atoms with E-state index in [2.05, 4.69) is 10.6 Å². The Morgan fingerprint density at radius 3 is 2.60 bits per heavy atom. The lowest BCUT2D eigenvalue weighted by Crippen LogP contribution is -2.48. The van der Waals surface area contributed by atoms with Gasteiger partial charge in [-0.3, -0.25) is 14.4 Å². The minimum absolute atomic E-state index is 0.0305. The molecule has 0 bridgehead atoms. The summed E-state index contributed by atoms with van der Waals surface area (Å²) in [5.74, 6) is -0.506. The fourth-order valence-electron chi connectivity index (χ4n) is 2.36. The third-order valence-electron chi connectivity index (χ3n) is 3.84. The Morgan fingerprint density at radius 2 is 2.00 bits per heavy atom. The number of carbonyl (C=O) groups is 4. The Bertz CT molecular complexity index is 469. The molecule has 1 rings (SSSR count). The second-order valence-electron chi connectivity index (χ2n) is 6.05. The summed E-state index contributed by atoms with van der Waals surface area (Å²) in [6.45, 7) is 1.54. The quantitative estimate of drug-likeness (QED) is 0.264. The third-order valence-corrected chi connectivity index (χ3v) is 6.85. The number of carboxylic acids is 1. The lowest BCUT2D eigenvalue weighted by Gasteiger charge is -2.17. The van der Waals surface area contributed by atoms with Crippen molar-refractivity contribution in [2.75, 3.05) is 5.75 Å². The number of nitrogens with one attached hydrogen (secondary N) is 2. The summed E-state index contributed by atoms with van der Waals surface area (Å²) < 4.78 is 0. The predicted octanol–water partition coefficient (Wildman–Crippen LogP) is 1.75. The Kier molecular flexibility index (Phi) is 10.6. The van der Waals surface area contributed by atoms with E-state index in [9.17, 15) is 19.2 Å². The largest absolute Gasteiger partial charge is 0.481 e. The molecule has 25 heavy (non-hydrogen) atoms. The van der Waals surface area contributed by atoms with Gasteiger partial charge in [-0.05, 0) is 32.6 Å².